The van der Waals surface area contributed by atoms with Crippen LogP contribution in [0.15, 0.2) is 65.3 Å². The van der Waals surface area contributed by atoms with Crippen molar-refractivity contribution in [3.8, 4) is 11.5 Å². The zero-order chi connectivity index (χ0) is 19.9. The summed E-state index contributed by atoms with van der Waals surface area (Å²) < 4.78 is 16.2. The highest BCUT2D eigenvalue weighted by Gasteiger charge is 2.20. The number of rotatable bonds is 9. The maximum absolute atomic E-state index is 12.9. The lowest BCUT2D eigenvalue weighted by Gasteiger charge is -2.18. The van der Waals surface area contributed by atoms with Gasteiger partial charge in [0, 0.05) is 17.2 Å². The number of ketones is 1. The summed E-state index contributed by atoms with van der Waals surface area (Å²) in [5, 5.41) is -0.0290. The van der Waals surface area contributed by atoms with E-state index in [1.165, 1.54) is 0 Å². The Balaban J connectivity index is 1.83. The van der Waals surface area contributed by atoms with Crippen LogP contribution in [0.1, 0.15) is 38.9 Å². The predicted molar refractivity (Wildman–Crippen MR) is 112 cm³/mol. The molecule has 0 aliphatic rings. The van der Waals surface area contributed by atoms with Gasteiger partial charge in [-0.25, -0.2) is 0 Å². The average Bonchev–Trinajstić information content (AvgIpc) is 3.24. The third kappa shape index (κ3) is 4.98. The molecule has 0 amide bonds. The van der Waals surface area contributed by atoms with Gasteiger partial charge in [-0.15, -0.1) is 11.8 Å². The first-order chi connectivity index (χ1) is 13.6. The standard InChI is InChI=1S/C23H24O4S/c1-16-6-8-17(9-7-16)20(24)14-23(28-15-19-5-4-12-27-19)18-10-11-21(25-2)22(13-18)26-3/h4-13,23H,14-15H2,1-3H3/t23-/m1/s1. The molecule has 0 unspecified atom stereocenters. The van der Waals surface area contributed by atoms with Crippen molar-refractivity contribution in [2.75, 3.05) is 14.2 Å². The van der Waals surface area contributed by atoms with Crippen molar-refractivity contribution in [1.29, 1.82) is 0 Å². The van der Waals surface area contributed by atoms with Crippen LogP contribution in [0.4, 0.5) is 0 Å². The number of furan rings is 1. The van der Waals surface area contributed by atoms with Crippen molar-refractivity contribution in [3.63, 3.8) is 0 Å². The molecule has 0 radical (unpaired) electrons. The number of Topliss-reactive ketones (excluding diaryl/α,β-unsaturated/α-hetero) is 1. The summed E-state index contributed by atoms with van der Waals surface area (Å²) >= 11 is 1.68. The summed E-state index contributed by atoms with van der Waals surface area (Å²) in [6.45, 7) is 2.01. The monoisotopic (exact) mass is 396 g/mol. The Kier molecular flexibility index (Phi) is 6.82. The molecule has 2 aromatic carbocycles. The van der Waals surface area contributed by atoms with E-state index in [4.69, 9.17) is 13.9 Å². The molecule has 3 aromatic rings. The second kappa shape index (κ2) is 9.51. The minimum absolute atomic E-state index is 0.0290. The molecule has 0 N–H and O–H groups in total. The van der Waals surface area contributed by atoms with E-state index in [1.54, 1.807) is 32.2 Å². The Morgan fingerprint density at radius 3 is 2.43 bits per heavy atom. The van der Waals surface area contributed by atoms with Gasteiger partial charge in [-0.2, -0.15) is 0 Å². The summed E-state index contributed by atoms with van der Waals surface area (Å²) in [5.74, 6) is 3.02. The third-order valence-corrected chi connectivity index (χ3v) is 5.82. The van der Waals surface area contributed by atoms with Gasteiger partial charge in [0.15, 0.2) is 17.3 Å². The van der Waals surface area contributed by atoms with Crippen LogP contribution in [0, 0.1) is 6.92 Å². The highest BCUT2D eigenvalue weighted by molar-refractivity contribution is 7.98. The minimum atomic E-state index is -0.0290. The molecule has 0 bridgehead atoms. The number of carbonyl (C=O) groups excluding carboxylic acids is 1. The molecule has 0 spiro atoms. The first-order valence-corrected chi connectivity index (χ1v) is 10.1. The zero-order valence-corrected chi connectivity index (χ0v) is 17.1. The van der Waals surface area contributed by atoms with Crippen molar-refractivity contribution in [1.82, 2.24) is 0 Å². The number of benzene rings is 2. The van der Waals surface area contributed by atoms with Crippen LogP contribution in [0.25, 0.3) is 0 Å². The zero-order valence-electron chi connectivity index (χ0n) is 16.3. The molecule has 3 rings (SSSR count). The smallest absolute Gasteiger partial charge is 0.164 e. The van der Waals surface area contributed by atoms with Crippen molar-refractivity contribution in [3.05, 3.63) is 83.3 Å². The van der Waals surface area contributed by atoms with Gasteiger partial charge in [-0.1, -0.05) is 35.9 Å². The lowest BCUT2D eigenvalue weighted by Crippen LogP contribution is -2.06. The molecule has 1 heterocycles. The fourth-order valence-electron chi connectivity index (χ4n) is 2.93. The van der Waals surface area contributed by atoms with Crippen LogP contribution in [0.5, 0.6) is 11.5 Å². The van der Waals surface area contributed by atoms with Gasteiger partial charge in [0.1, 0.15) is 5.76 Å². The molecular weight excluding hydrogens is 372 g/mol. The number of ether oxygens (including phenoxy) is 2. The number of aryl methyl sites for hydroxylation is 1. The van der Waals surface area contributed by atoms with Gasteiger partial charge < -0.3 is 13.9 Å². The van der Waals surface area contributed by atoms with Crippen molar-refractivity contribution >= 4 is 17.5 Å². The van der Waals surface area contributed by atoms with Crippen molar-refractivity contribution in [2.24, 2.45) is 0 Å². The van der Waals surface area contributed by atoms with Gasteiger partial charge in [-0.3, -0.25) is 4.79 Å². The van der Waals surface area contributed by atoms with E-state index >= 15 is 0 Å². The number of hydrogen-bond acceptors (Lipinski definition) is 5. The molecule has 146 valence electrons. The van der Waals surface area contributed by atoms with Crippen LogP contribution in [-0.2, 0) is 5.75 Å². The summed E-state index contributed by atoms with van der Waals surface area (Å²) in [4.78, 5) is 12.9. The van der Waals surface area contributed by atoms with E-state index in [1.807, 2.05) is 61.5 Å². The number of methoxy groups -OCH3 is 2. The van der Waals surface area contributed by atoms with Crippen LogP contribution >= 0.6 is 11.8 Å². The van der Waals surface area contributed by atoms with E-state index in [0.717, 1.165) is 22.5 Å². The molecule has 0 saturated carbocycles. The van der Waals surface area contributed by atoms with Gasteiger partial charge in [0.25, 0.3) is 0 Å². The van der Waals surface area contributed by atoms with E-state index in [0.29, 0.717) is 23.7 Å². The predicted octanol–water partition coefficient (Wildman–Crippen LogP) is 5.85. The summed E-state index contributed by atoms with van der Waals surface area (Å²) in [6.07, 6.45) is 2.06. The van der Waals surface area contributed by atoms with Crippen LogP contribution in [0.3, 0.4) is 0 Å². The van der Waals surface area contributed by atoms with E-state index < -0.39 is 0 Å². The van der Waals surface area contributed by atoms with Crippen LogP contribution in [-0.4, -0.2) is 20.0 Å². The Labute approximate surface area is 169 Å². The average molecular weight is 397 g/mol. The van der Waals surface area contributed by atoms with Crippen LogP contribution < -0.4 is 9.47 Å². The fourth-order valence-corrected chi connectivity index (χ4v) is 4.07. The molecular formula is C23H24O4S. The molecule has 28 heavy (non-hydrogen) atoms. The first kappa shape index (κ1) is 20.1. The molecule has 0 fully saturated rings. The van der Waals surface area contributed by atoms with Crippen LogP contribution in [0.2, 0.25) is 0 Å². The summed E-state index contributed by atoms with van der Waals surface area (Å²) in [7, 11) is 3.23. The molecule has 0 saturated heterocycles. The van der Waals surface area contributed by atoms with E-state index in [9.17, 15) is 4.79 Å². The highest BCUT2D eigenvalue weighted by atomic mass is 32.2. The van der Waals surface area contributed by atoms with E-state index in [2.05, 4.69) is 0 Å². The topological polar surface area (TPSA) is 48.7 Å². The minimum Gasteiger partial charge on any atom is -0.493 e. The van der Waals surface area contributed by atoms with Crippen molar-refractivity contribution in [2.45, 2.75) is 24.3 Å². The Morgan fingerprint density at radius 2 is 1.79 bits per heavy atom. The molecule has 4 nitrogen and oxygen atoms in total. The molecule has 0 aliphatic carbocycles. The van der Waals surface area contributed by atoms with Gasteiger partial charge >= 0.3 is 0 Å². The maximum Gasteiger partial charge on any atom is 0.164 e. The largest absolute Gasteiger partial charge is 0.493 e. The van der Waals surface area contributed by atoms with Crippen molar-refractivity contribution < 1.29 is 18.7 Å². The Morgan fingerprint density at radius 1 is 1.04 bits per heavy atom. The van der Waals surface area contributed by atoms with Gasteiger partial charge in [0.05, 0.1) is 26.2 Å². The number of hydrogen-bond donors (Lipinski definition) is 0. The second-order valence-electron chi connectivity index (χ2n) is 6.49. The number of thioether (sulfide) groups is 1. The van der Waals surface area contributed by atoms with Gasteiger partial charge in [-0.05, 0) is 36.8 Å². The molecule has 0 aliphatic heterocycles. The van der Waals surface area contributed by atoms with Gasteiger partial charge in [0.2, 0.25) is 0 Å². The molecule has 1 atom stereocenters. The summed E-state index contributed by atoms with van der Waals surface area (Å²) in [5.41, 5.74) is 2.89. The number of carbonyl (C=O) groups is 1. The highest BCUT2D eigenvalue weighted by Crippen LogP contribution is 2.39. The lowest BCUT2D eigenvalue weighted by molar-refractivity contribution is 0.0982. The first-order valence-electron chi connectivity index (χ1n) is 9.06. The maximum atomic E-state index is 12.9. The van der Waals surface area contributed by atoms with E-state index in [-0.39, 0.29) is 11.0 Å². The Hall–Kier alpha value is -2.66. The third-order valence-electron chi connectivity index (χ3n) is 4.53. The normalized spacial score (nSPS) is 11.8. The molecule has 5 heteroatoms. The fraction of sp³-hybridized carbons (Fsp3) is 0.261. The lowest BCUT2D eigenvalue weighted by atomic mass is 10.0. The Bertz CT molecular complexity index is 901. The quantitative estimate of drug-likeness (QED) is 0.424. The SMILES string of the molecule is COc1ccc([C@@H](CC(=O)c2ccc(C)cc2)SCc2ccco2)cc1OC. The summed E-state index contributed by atoms with van der Waals surface area (Å²) in [6, 6.07) is 17.3. The molecule has 1 aromatic heterocycles. The second-order valence-corrected chi connectivity index (χ2v) is 7.68.